The number of aromatic nitrogens is 2. The molecule has 5 heteroatoms. The molecule has 0 radical (unpaired) electrons. The van der Waals surface area contributed by atoms with E-state index in [1.165, 1.54) is 18.2 Å². The van der Waals surface area contributed by atoms with E-state index < -0.39 is 0 Å². The molecule has 0 saturated heterocycles. The first-order chi connectivity index (χ1) is 9.10. The second-order valence-corrected chi connectivity index (χ2v) is 4.68. The van der Waals surface area contributed by atoms with Crippen molar-refractivity contribution in [3.8, 4) is 11.3 Å². The third-order valence-electron chi connectivity index (χ3n) is 2.59. The fraction of sp³-hybridized carbons (Fsp3) is 0.286. The smallest absolute Gasteiger partial charge is 0.223 e. The van der Waals surface area contributed by atoms with Crippen LogP contribution < -0.4 is 5.32 Å². The van der Waals surface area contributed by atoms with Gasteiger partial charge in [-0.3, -0.25) is 0 Å². The Morgan fingerprint density at radius 1 is 1.26 bits per heavy atom. The summed E-state index contributed by atoms with van der Waals surface area (Å²) in [6.45, 7) is 4.72. The molecule has 2 rings (SSSR count). The Morgan fingerprint density at radius 2 is 2.05 bits per heavy atom. The summed E-state index contributed by atoms with van der Waals surface area (Å²) in [5.74, 6) is 0.205. The SMILES string of the molecule is CCCNc1nc(C)cc(-c2cc(F)ccc2Cl)n1. The average molecular weight is 280 g/mol. The molecule has 0 aliphatic rings. The van der Waals surface area contributed by atoms with Crippen molar-refractivity contribution in [2.45, 2.75) is 20.3 Å². The van der Waals surface area contributed by atoms with Gasteiger partial charge in [0.1, 0.15) is 5.82 Å². The van der Waals surface area contributed by atoms with Gasteiger partial charge in [0.15, 0.2) is 0 Å². The van der Waals surface area contributed by atoms with E-state index in [9.17, 15) is 4.39 Å². The first kappa shape index (κ1) is 13.7. The topological polar surface area (TPSA) is 37.8 Å². The average Bonchev–Trinajstić information content (AvgIpc) is 2.38. The van der Waals surface area contributed by atoms with Crippen LogP contribution >= 0.6 is 11.6 Å². The van der Waals surface area contributed by atoms with Crippen molar-refractivity contribution in [1.29, 1.82) is 0 Å². The molecule has 19 heavy (non-hydrogen) atoms. The van der Waals surface area contributed by atoms with Crippen LogP contribution in [0.4, 0.5) is 10.3 Å². The zero-order valence-electron chi connectivity index (χ0n) is 10.9. The summed E-state index contributed by atoms with van der Waals surface area (Å²) in [6.07, 6.45) is 0.980. The van der Waals surface area contributed by atoms with Crippen LogP contribution in [-0.2, 0) is 0 Å². The summed E-state index contributed by atoms with van der Waals surface area (Å²) in [6, 6.07) is 6.03. The molecular weight excluding hydrogens is 265 g/mol. The number of aryl methyl sites for hydroxylation is 1. The van der Waals surface area contributed by atoms with Crippen molar-refractivity contribution >= 4 is 17.5 Å². The zero-order chi connectivity index (χ0) is 13.8. The number of nitrogens with one attached hydrogen (secondary N) is 1. The standard InChI is InChI=1S/C14H15ClFN3/c1-3-6-17-14-18-9(2)7-13(19-14)11-8-10(16)4-5-12(11)15/h4-5,7-8H,3,6H2,1-2H3,(H,17,18,19). The van der Waals surface area contributed by atoms with Gasteiger partial charge in [0.05, 0.1) is 10.7 Å². The molecule has 100 valence electrons. The van der Waals surface area contributed by atoms with Crippen molar-refractivity contribution in [2.75, 3.05) is 11.9 Å². The third kappa shape index (κ3) is 3.41. The van der Waals surface area contributed by atoms with Crippen molar-refractivity contribution in [3.63, 3.8) is 0 Å². The maximum Gasteiger partial charge on any atom is 0.223 e. The van der Waals surface area contributed by atoms with Crippen molar-refractivity contribution in [1.82, 2.24) is 9.97 Å². The summed E-state index contributed by atoms with van der Waals surface area (Å²) >= 11 is 6.09. The molecular formula is C14H15ClFN3. The minimum atomic E-state index is -0.335. The lowest BCUT2D eigenvalue weighted by molar-refractivity contribution is 0.628. The molecule has 1 aromatic carbocycles. The van der Waals surface area contributed by atoms with Crippen LogP contribution in [0.2, 0.25) is 5.02 Å². The number of hydrogen-bond donors (Lipinski definition) is 1. The van der Waals surface area contributed by atoms with Gasteiger partial charge < -0.3 is 5.32 Å². The van der Waals surface area contributed by atoms with Gasteiger partial charge in [0.25, 0.3) is 0 Å². The van der Waals surface area contributed by atoms with Crippen LogP contribution in [0.3, 0.4) is 0 Å². The highest BCUT2D eigenvalue weighted by Crippen LogP contribution is 2.28. The minimum Gasteiger partial charge on any atom is -0.354 e. The summed E-state index contributed by atoms with van der Waals surface area (Å²) in [7, 11) is 0. The van der Waals surface area contributed by atoms with E-state index >= 15 is 0 Å². The molecule has 1 N–H and O–H groups in total. The second-order valence-electron chi connectivity index (χ2n) is 4.27. The highest BCUT2D eigenvalue weighted by molar-refractivity contribution is 6.33. The lowest BCUT2D eigenvalue weighted by Gasteiger charge is -2.08. The van der Waals surface area contributed by atoms with E-state index in [-0.39, 0.29) is 5.82 Å². The Balaban J connectivity index is 2.43. The second kappa shape index (κ2) is 5.97. The van der Waals surface area contributed by atoms with Gasteiger partial charge in [-0.05, 0) is 37.6 Å². The highest BCUT2D eigenvalue weighted by Gasteiger charge is 2.09. The van der Waals surface area contributed by atoms with Crippen molar-refractivity contribution in [3.05, 3.63) is 40.8 Å². The van der Waals surface area contributed by atoms with Gasteiger partial charge in [-0.2, -0.15) is 0 Å². The molecule has 0 atom stereocenters. The van der Waals surface area contributed by atoms with Crippen LogP contribution in [0, 0.1) is 12.7 Å². The lowest BCUT2D eigenvalue weighted by Crippen LogP contribution is -2.05. The van der Waals surface area contributed by atoms with Gasteiger partial charge in [-0.1, -0.05) is 18.5 Å². The normalized spacial score (nSPS) is 10.5. The molecule has 3 nitrogen and oxygen atoms in total. The Bertz CT molecular complexity index is 587. The van der Waals surface area contributed by atoms with Gasteiger partial charge in [-0.15, -0.1) is 0 Å². The first-order valence-electron chi connectivity index (χ1n) is 6.15. The van der Waals surface area contributed by atoms with Crippen LogP contribution in [-0.4, -0.2) is 16.5 Å². The molecule has 0 spiro atoms. The molecule has 0 bridgehead atoms. The predicted octanol–water partition coefficient (Wildman–Crippen LogP) is 4.07. The molecule has 1 aromatic heterocycles. The summed E-state index contributed by atoms with van der Waals surface area (Å²) in [5, 5.41) is 3.59. The van der Waals surface area contributed by atoms with Crippen LogP contribution in [0.15, 0.2) is 24.3 Å². The van der Waals surface area contributed by atoms with Gasteiger partial charge >= 0.3 is 0 Å². The van der Waals surface area contributed by atoms with E-state index in [0.29, 0.717) is 22.2 Å². The molecule has 1 heterocycles. The van der Waals surface area contributed by atoms with E-state index in [1.807, 2.05) is 6.92 Å². The fourth-order valence-corrected chi connectivity index (χ4v) is 1.93. The Morgan fingerprint density at radius 3 is 2.79 bits per heavy atom. The maximum absolute atomic E-state index is 13.3. The molecule has 0 aliphatic carbocycles. The van der Waals surface area contributed by atoms with Crippen molar-refractivity contribution < 1.29 is 4.39 Å². The minimum absolute atomic E-state index is 0.335. The quantitative estimate of drug-likeness (QED) is 0.917. The molecule has 0 aliphatic heterocycles. The Hall–Kier alpha value is -1.68. The number of benzene rings is 1. The Labute approximate surface area is 116 Å². The molecule has 0 saturated carbocycles. The number of halogens is 2. The molecule has 0 fully saturated rings. The summed E-state index contributed by atoms with van der Waals surface area (Å²) < 4.78 is 13.3. The van der Waals surface area contributed by atoms with Crippen LogP contribution in [0.5, 0.6) is 0 Å². The van der Waals surface area contributed by atoms with E-state index in [2.05, 4.69) is 22.2 Å². The van der Waals surface area contributed by atoms with E-state index in [0.717, 1.165) is 18.7 Å². The summed E-state index contributed by atoms with van der Waals surface area (Å²) in [4.78, 5) is 8.66. The van der Waals surface area contributed by atoms with Gasteiger partial charge in [0, 0.05) is 17.8 Å². The predicted molar refractivity (Wildman–Crippen MR) is 76.0 cm³/mol. The van der Waals surface area contributed by atoms with Crippen LogP contribution in [0.25, 0.3) is 11.3 Å². The first-order valence-corrected chi connectivity index (χ1v) is 6.53. The van der Waals surface area contributed by atoms with Crippen LogP contribution in [0.1, 0.15) is 19.0 Å². The fourth-order valence-electron chi connectivity index (χ4n) is 1.72. The monoisotopic (exact) mass is 279 g/mol. The largest absolute Gasteiger partial charge is 0.354 e. The number of nitrogens with zero attached hydrogens (tertiary/aromatic N) is 2. The molecule has 2 aromatic rings. The van der Waals surface area contributed by atoms with Crippen molar-refractivity contribution in [2.24, 2.45) is 0 Å². The summed E-state index contributed by atoms with van der Waals surface area (Å²) in [5.41, 5.74) is 2.01. The number of rotatable bonds is 4. The third-order valence-corrected chi connectivity index (χ3v) is 2.92. The van der Waals surface area contributed by atoms with Gasteiger partial charge in [0.2, 0.25) is 5.95 Å². The number of hydrogen-bond acceptors (Lipinski definition) is 3. The van der Waals surface area contributed by atoms with E-state index in [4.69, 9.17) is 11.6 Å². The molecule has 0 unspecified atom stereocenters. The molecule has 0 amide bonds. The maximum atomic E-state index is 13.3. The Kier molecular flexibility index (Phi) is 4.32. The van der Waals surface area contributed by atoms with Gasteiger partial charge in [-0.25, -0.2) is 14.4 Å². The van der Waals surface area contributed by atoms with E-state index in [1.54, 1.807) is 6.07 Å². The lowest BCUT2D eigenvalue weighted by atomic mass is 10.1. The highest BCUT2D eigenvalue weighted by atomic mass is 35.5. The zero-order valence-corrected chi connectivity index (χ0v) is 11.6. The number of anilines is 1.